The summed E-state index contributed by atoms with van der Waals surface area (Å²) in [5.74, 6) is -4.53. The summed E-state index contributed by atoms with van der Waals surface area (Å²) in [4.78, 5) is 25.6. The molecule has 4 rings (SSSR count). The van der Waals surface area contributed by atoms with Gasteiger partial charge in [-0.1, -0.05) is 45.2 Å². The fourth-order valence-corrected chi connectivity index (χ4v) is 5.54. The monoisotopic (exact) mass is 606 g/mol. The van der Waals surface area contributed by atoms with E-state index in [-0.39, 0.29) is 16.3 Å². The number of hydrogen-bond donors (Lipinski definition) is 2. The summed E-state index contributed by atoms with van der Waals surface area (Å²) < 4.78 is 27.1. The highest BCUT2D eigenvalue weighted by atomic mass is 79.9. The number of para-hydroxylation sites is 1. The molecule has 0 unspecified atom stereocenters. The van der Waals surface area contributed by atoms with Gasteiger partial charge in [0.15, 0.2) is 0 Å². The summed E-state index contributed by atoms with van der Waals surface area (Å²) >= 11 is 28.3. The van der Waals surface area contributed by atoms with Gasteiger partial charge in [0.1, 0.15) is 21.7 Å². The van der Waals surface area contributed by atoms with Crippen molar-refractivity contribution in [1.82, 2.24) is 0 Å². The lowest BCUT2D eigenvalue weighted by molar-refractivity contribution is -0.117. The average Bonchev–Trinajstić information content (AvgIpc) is 3.33. The number of carbonyl (C=O) groups excluding carboxylic acids is 2. The highest BCUT2D eigenvalue weighted by Crippen LogP contribution is 2.65. The Balaban J connectivity index is 1.53. The Bertz CT molecular complexity index is 1280. The minimum atomic E-state index is -1.36. The second-order valence-electron chi connectivity index (χ2n) is 7.57. The van der Waals surface area contributed by atoms with E-state index in [0.717, 1.165) is 12.1 Å². The van der Waals surface area contributed by atoms with Crippen LogP contribution < -0.4 is 10.6 Å². The van der Waals surface area contributed by atoms with Gasteiger partial charge in [0.25, 0.3) is 5.91 Å². The third-order valence-electron chi connectivity index (χ3n) is 5.26. The molecular formula is C23H13BrCl4F2N2O2. The zero-order chi connectivity index (χ0) is 24.8. The first-order valence-corrected chi connectivity index (χ1v) is 12.0. The number of rotatable bonds is 5. The molecule has 176 valence electrons. The van der Waals surface area contributed by atoms with Crippen molar-refractivity contribution in [2.24, 2.45) is 5.92 Å². The van der Waals surface area contributed by atoms with Crippen LogP contribution >= 0.6 is 62.3 Å². The fourth-order valence-electron chi connectivity index (χ4n) is 3.62. The number of hydrogen-bond acceptors (Lipinski definition) is 2. The van der Waals surface area contributed by atoms with Crippen LogP contribution in [0.4, 0.5) is 20.2 Å². The molecule has 0 heterocycles. The third-order valence-corrected chi connectivity index (χ3v) is 7.21. The molecule has 3 aromatic rings. The van der Waals surface area contributed by atoms with Crippen LogP contribution in [-0.4, -0.2) is 16.1 Å². The molecule has 0 aromatic heterocycles. The van der Waals surface area contributed by atoms with Crippen LogP contribution in [0.2, 0.25) is 10.0 Å². The van der Waals surface area contributed by atoms with Crippen molar-refractivity contribution in [2.75, 3.05) is 10.6 Å². The lowest BCUT2D eigenvalue weighted by atomic mass is 10.1. The predicted octanol–water partition coefficient (Wildman–Crippen LogP) is 7.81. The van der Waals surface area contributed by atoms with Crippen LogP contribution in [0.1, 0.15) is 21.8 Å². The lowest BCUT2D eigenvalue weighted by Gasteiger charge is -2.11. The summed E-state index contributed by atoms with van der Waals surface area (Å²) in [5, 5.41) is 5.29. The fraction of sp³-hybridized carbons (Fsp3) is 0.130. The van der Waals surface area contributed by atoms with Gasteiger partial charge in [0.05, 0.1) is 16.5 Å². The number of halogens is 7. The topological polar surface area (TPSA) is 58.2 Å². The molecule has 11 heteroatoms. The summed E-state index contributed by atoms with van der Waals surface area (Å²) in [6.07, 6.45) is 0. The molecular weight excluding hydrogens is 596 g/mol. The van der Waals surface area contributed by atoms with Crippen LogP contribution in [-0.2, 0) is 4.79 Å². The average molecular weight is 609 g/mol. The second-order valence-corrected chi connectivity index (χ2v) is 10.8. The Hall–Kier alpha value is -1.90. The van der Waals surface area contributed by atoms with E-state index in [2.05, 4.69) is 26.6 Å². The molecule has 0 radical (unpaired) electrons. The number of nitrogens with one attached hydrogen (secondary N) is 2. The molecule has 2 N–H and O–H groups in total. The van der Waals surface area contributed by atoms with E-state index in [0.29, 0.717) is 15.1 Å². The van der Waals surface area contributed by atoms with E-state index in [1.165, 1.54) is 24.3 Å². The molecule has 2 atom stereocenters. The van der Waals surface area contributed by atoms with Crippen molar-refractivity contribution in [1.29, 1.82) is 0 Å². The number of carbonyl (C=O) groups is 2. The van der Waals surface area contributed by atoms with Crippen LogP contribution in [0.25, 0.3) is 0 Å². The van der Waals surface area contributed by atoms with Gasteiger partial charge in [0.2, 0.25) is 5.91 Å². The molecule has 34 heavy (non-hydrogen) atoms. The second kappa shape index (κ2) is 9.63. The highest BCUT2D eigenvalue weighted by Gasteiger charge is 2.67. The van der Waals surface area contributed by atoms with Crippen LogP contribution in [0.15, 0.2) is 59.1 Å². The maximum atomic E-state index is 13.9. The molecule has 0 spiro atoms. The predicted molar refractivity (Wildman–Crippen MR) is 134 cm³/mol. The molecule has 1 aliphatic carbocycles. The standard InChI is InChI=1S/C23H13BrCl4F2N2O2/c24-11-6-10(7-12(25)8-11)18-19(23(18,27)28)22(34)31-13-4-5-15(26)14(9-13)21(33)32-20-16(29)2-1-3-17(20)30/h1-9,18-19H,(H,31,34)(H,32,33)/t18-,19+/m0/s1. The molecule has 1 saturated carbocycles. The smallest absolute Gasteiger partial charge is 0.257 e. The molecule has 0 aliphatic heterocycles. The van der Waals surface area contributed by atoms with Crippen molar-refractivity contribution in [3.8, 4) is 0 Å². The van der Waals surface area contributed by atoms with Crippen molar-refractivity contribution < 1.29 is 18.4 Å². The van der Waals surface area contributed by atoms with Gasteiger partial charge >= 0.3 is 0 Å². The van der Waals surface area contributed by atoms with Crippen molar-refractivity contribution in [3.05, 3.63) is 91.9 Å². The van der Waals surface area contributed by atoms with E-state index in [1.54, 1.807) is 18.2 Å². The highest BCUT2D eigenvalue weighted by molar-refractivity contribution is 9.10. The summed E-state index contributed by atoms with van der Waals surface area (Å²) in [7, 11) is 0. The number of amides is 2. The zero-order valence-corrected chi connectivity index (χ0v) is 21.4. The normalized spacial score (nSPS) is 18.3. The maximum Gasteiger partial charge on any atom is 0.257 e. The minimum Gasteiger partial charge on any atom is -0.326 e. The van der Waals surface area contributed by atoms with E-state index >= 15 is 0 Å². The number of alkyl halides is 2. The largest absolute Gasteiger partial charge is 0.326 e. The lowest BCUT2D eigenvalue weighted by Crippen LogP contribution is -2.18. The van der Waals surface area contributed by atoms with Crippen LogP contribution in [0.3, 0.4) is 0 Å². The Kier molecular flexibility index (Phi) is 7.14. The van der Waals surface area contributed by atoms with Gasteiger partial charge in [-0.3, -0.25) is 9.59 Å². The van der Waals surface area contributed by atoms with Gasteiger partial charge < -0.3 is 10.6 Å². The van der Waals surface area contributed by atoms with Gasteiger partial charge in [-0.05, 0) is 54.1 Å². The molecule has 0 saturated heterocycles. The molecule has 4 nitrogen and oxygen atoms in total. The van der Waals surface area contributed by atoms with E-state index in [1.807, 2.05) is 0 Å². The van der Waals surface area contributed by atoms with Gasteiger partial charge in [-0.25, -0.2) is 8.78 Å². The minimum absolute atomic E-state index is 0.0179. The SMILES string of the molecule is O=C(Nc1c(F)cccc1F)c1cc(NC(=O)[C@H]2[C@H](c3cc(Cl)cc(Br)c3)C2(Cl)Cl)ccc1Cl. The quantitative estimate of drug-likeness (QED) is 0.290. The van der Waals surface area contributed by atoms with Gasteiger partial charge in [-0.15, -0.1) is 23.2 Å². The first-order chi connectivity index (χ1) is 16.0. The zero-order valence-electron chi connectivity index (χ0n) is 16.8. The first kappa shape index (κ1) is 25.2. The Labute approximate surface area is 221 Å². The van der Waals surface area contributed by atoms with Gasteiger partial charge in [0, 0.05) is 21.1 Å². The molecule has 0 bridgehead atoms. The van der Waals surface area contributed by atoms with Crippen molar-refractivity contribution in [2.45, 2.75) is 10.3 Å². The molecule has 1 fully saturated rings. The molecule has 3 aromatic carbocycles. The van der Waals surface area contributed by atoms with E-state index < -0.39 is 45.3 Å². The summed E-state index contributed by atoms with van der Waals surface area (Å²) in [6, 6.07) is 12.5. The number of anilines is 2. The van der Waals surface area contributed by atoms with Gasteiger partial charge in [-0.2, -0.15) is 0 Å². The van der Waals surface area contributed by atoms with E-state index in [9.17, 15) is 18.4 Å². The molecule has 2 amide bonds. The van der Waals surface area contributed by atoms with Crippen molar-refractivity contribution >= 4 is 85.5 Å². The number of benzene rings is 3. The summed E-state index contributed by atoms with van der Waals surface area (Å²) in [5.41, 5.74) is 0.194. The Morgan fingerprint density at radius 1 is 0.941 bits per heavy atom. The molecule has 1 aliphatic rings. The van der Waals surface area contributed by atoms with E-state index in [4.69, 9.17) is 46.4 Å². The van der Waals surface area contributed by atoms with Crippen molar-refractivity contribution in [3.63, 3.8) is 0 Å². The summed E-state index contributed by atoms with van der Waals surface area (Å²) in [6.45, 7) is 0. The third kappa shape index (κ3) is 5.04. The maximum absolute atomic E-state index is 13.9. The Morgan fingerprint density at radius 2 is 1.62 bits per heavy atom. The van der Waals surface area contributed by atoms with Crippen LogP contribution in [0.5, 0.6) is 0 Å². The Morgan fingerprint density at radius 3 is 2.26 bits per heavy atom. The van der Waals surface area contributed by atoms with Crippen LogP contribution in [0, 0.1) is 17.6 Å². The first-order valence-electron chi connectivity index (χ1n) is 9.68.